The summed E-state index contributed by atoms with van der Waals surface area (Å²) in [6.07, 6.45) is 1.52. The average Bonchev–Trinajstić information content (AvgIpc) is 2.28. The highest BCUT2D eigenvalue weighted by Gasteiger charge is 2.18. The Labute approximate surface area is 107 Å². The number of anilines is 1. The number of nitrogens with zero attached hydrogens (tertiary/aromatic N) is 1. The second-order valence-corrected chi connectivity index (χ2v) is 3.77. The number of likely N-dealkylation sites (N-methyl/N-ethyl adjacent to an activating group) is 1. The Morgan fingerprint density at radius 1 is 1.41 bits per heavy atom. The van der Waals surface area contributed by atoms with Crippen LogP contribution in [0.4, 0.5) is 10.1 Å². The molecule has 0 aliphatic heterocycles. The van der Waals surface area contributed by atoms with Crippen LogP contribution in [-0.4, -0.2) is 19.0 Å². The minimum atomic E-state index is -0.486. The molecule has 1 aromatic carbocycles. The van der Waals surface area contributed by atoms with Crippen molar-refractivity contribution in [3.8, 4) is 0 Å². The van der Waals surface area contributed by atoms with Crippen molar-refractivity contribution in [3.63, 3.8) is 0 Å². The topological polar surface area (TPSA) is 46.3 Å². The summed E-state index contributed by atoms with van der Waals surface area (Å²) in [5, 5.41) is 0. The molecule has 1 aromatic rings. The van der Waals surface area contributed by atoms with Crippen LogP contribution in [0.2, 0.25) is 0 Å². The first-order valence-electron chi connectivity index (χ1n) is 5.35. The second kappa shape index (κ2) is 7.25. The quantitative estimate of drug-likeness (QED) is 0.903. The molecule has 96 valence electrons. The lowest BCUT2D eigenvalue weighted by Gasteiger charge is -2.21. The van der Waals surface area contributed by atoms with E-state index in [4.69, 9.17) is 5.73 Å². The van der Waals surface area contributed by atoms with Gasteiger partial charge >= 0.3 is 0 Å². The van der Waals surface area contributed by atoms with Gasteiger partial charge in [0, 0.05) is 12.7 Å². The third-order valence-electron chi connectivity index (χ3n) is 2.46. The molecule has 1 rings (SSSR count). The van der Waals surface area contributed by atoms with E-state index in [2.05, 4.69) is 0 Å². The van der Waals surface area contributed by atoms with Crippen LogP contribution in [0.5, 0.6) is 0 Å². The number of carbonyl (C=O) groups excluding carboxylic acids is 1. The van der Waals surface area contributed by atoms with Crippen LogP contribution in [0.3, 0.4) is 0 Å². The van der Waals surface area contributed by atoms with E-state index in [-0.39, 0.29) is 24.1 Å². The minimum absolute atomic E-state index is 0. The normalized spacial score (nSPS) is 11.5. The first-order valence-corrected chi connectivity index (χ1v) is 5.35. The van der Waals surface area contributed by atoms with Crippen molar-refractivity contribution in [2.75, 3.05) is 11.9 Å². The van der Waals surface area contributed by atoms with E-state index in [0.717, 1.165) is 6.42 Å². The van der Waals surface area contributed by atoms with E-state index < -0.39 is 6.04 Å². The predicted molar refractivity (Wildman–Crippen MR) is 69.9 cm³/mol. The van der Waals surface area contributed by atoms with E-state index in [9.17, 15) is 9.18 Å². The van der Waals surface area contributed by atoms with Crippen LogP contribution in [-0.2, 0) is 4.79 Å². The zero-order valence-corrected chi connectivity index (χ0v) is 10.8. The number of hydrogen-bond donors (Lipinski definition) is 1. The molecule has 1 unspecified atom stereocenters. The van der Waals surface area contributed by atoms with Gasteiger partial charge in [0.15, 0.2) is 0 Å². The van der Waals surface area contributed by atoms with Gasteiger partial charge in [-0.3, -0.25) is 4.79 Å². The van der Waals surface area contributed by atoms with Gasteiger partial charge < -0.3 is 10.6 Å². The molecule has 0 radical (unpaired) electrons. The smallest absolute Gasteiger partial charge is 0.243 e. The van der Waals surface area contributed by atoms with Gasteiger partial charge in [-0.15, -0.1) is 12.4 Å². The Balaban J connectivity index is 0.00000256. The summed E-state index contributed by atoms with van der Waals surface area (Å²) in [7, 11) is 1.64. The van der Waals surface area contributed by atoms with E-state index >= 15 is 0 Å². The second-order valence-electron chi connectivity index (χ2n) is 3.77. The van der Waals surface area contributed by atoms with Crippen molar-refractivity contribution in [3.05, 3.63) is 30.1 Å². The highest BCUT2D eigenvalue weighted by molar-refractivity contribution is 5.96. The Morgan fingerprint density at radius 2 is 1.94 bits per heavy atom. The Bertz CT molecular complexity index is 356. The number of hydrogen-bond acceptors (Lipinski definition) is 2. The average molecular weight is 261 g/mol. The molecule has 0 aliphatic rings. The fourth-order valence-corrected chi connectivity index (χ4v) is 1.48. The van der Waals surface area contributed by atoms with Crippen molar-refractivity contribution in [1.82, 2.24) is 0 Å². The van der Waals surface area contributed by atoms with Gasteiger partial charge in [-0.25, -0.2) is 4.39 Å². The van der Waals surface area contributed by atoms with E-state index in [0.29, 0.717) is 12.1 Å². The zero-order valence-electron chi connectivity index (χ0n) is 10.0. The number of carbonyl (C=O) groups is 1. The van der Waals surface area contributed by atoms with E-state index in [1.165, 1.54) is 17.0 Å². The SMILES string of the molecule is CCCC(N)C(=O)N(C)c1ccc(F)cc1.Cl. The molecule has 2 N–H and O–H groups in total. The maximum atomic E-state index is 12.7. The molecule has 5 heteroatoms. The zero-order chi connectivity index (χ0) is 12.1. The maximum Gasteiger partial charge on any atom is 0.243 e. The minimum Gasteiger partial charge on any atom is -0.320 e. The van der Waals surface area contributed by atoms with Crippen LogP contribution in [0, 0.1) is 5.82 Å². The summed E-state index contributed by atoms with van der Waals surface area (Å²) >= 11 is 0. The fraction of sp³-hybridized carbons (Fsp3) is 0.417. The van der Waals surface area contributed by atoms with Gasteiger partial charge in [0.05, 0.1) is 6.04 Å². The first kappa shape index (κ1) is 15.9. The van der Waals surface area contributed by atoms with Gasteiger partial charge in [0.2, 0.25) is 5.91 Å². The lowest BCUT2D eigenvalue weighted by Crippen LogP contribution is -2.41. The molecule has 3 nitrogen and oxygen atoms in total. The fourth-order valence-electron chi connectivity index (χ4n) is 1.48. The van der Waals surface area contributed by atoms with Crippen molar-refractivity contribution >= 4 is 24.0 Å². The number of rotatable bonds is 4. The summed E-state index contributed by atoms with van der Waals surface area (Å²) in [6.45, 7) is 1.98. The highest BCUT2D eigenvalue weighted by atomic mass is 35.5. The van der Waals surface area contributed by atoms with Gasteiger partial charge in [-0.1, -0.05) is 13.3 Å². The molecule has 1 amide bonds. The van der Waals surface area contributed by atoms with E-state index in [1.54, 1.807) is 19.2 Å². The van der Waals surface area contributed by atoms with Gasteiger partial charge in [0.1, 0.15) is 5.82 Å². The molecule has 0 aromatic heterocycles. The Morgan fingerprint density at radius 3 is 2.41 bits per heavy atom. The molecule has 1 atom stereocenters. The van der Waals surface area contributed by atoms with Crippen molar-refractivity contribution in [1.29, 1.82) is 0 Å². The van der Waals surface area contributed by atoms with Gasteiger partial charge in [-0.2, -0.15) is 0 Å². The van der Waals surface area contributed by atoms with Crippen LogP contribution in [0.15, 0.2) is 24.3 Å². The maximum absolute atomic E-state index is 12.7. The lowest BCUT2D eigenvalue weighted by molar-refractivity contribution is -0.119. The highest BCUT2D eigenvalue weighted by Crippen LogP contribution is 2.14. The summed E-state index contributed by atoms with van der Waals surface area (Å²) in [5.74, 6) is -0.462. The van der Waals surface area contributed by atoms with Crippen LogP contribution in [0.25, 0.3) is 0 Å². The molecular weight excluding hydrogens is 243 g/mol. The molecule has 0 aliphatic carbocycles. The summed E-state index contributed by atoms with van der Waals surface area (Å²) in [5.41, 5.74) is 6.38. The number of halogens is 2. The Hall–Kier alpha value is -1.13. The predicted octanol–water partition coefficient (Wildman–Crippen LogP) is 2.34. The monoisotopic (exact) mass is 260 g/mol. The van der Waals surface area contributed by atoms with Crippen LogP contribution >= 0.6 is 12.4 Å². The molecular formula is C12H18ClFN2O. The van der Waals surface area contributed by atoms with E-state index in [1.807, 2.05) is 6.92 Å². The molecule has 0 fully saturated rings. The van der Waals surface area contributed by atoms with Gasteiger partial charge in [0.25, 0.3) is 0 Å². The molecule has 0 saturated carbocycles. The van der Waals surface area contributed by atoms with Crippen LogP contribution in [0.1, 0.15) is 19.8 Å². The summed E-state index contributed by atoms with van der Waals surface area (Å²) in [6, 6.07) is 5.28. The summed E-state index contributed by atoms with van der Waals surface area (Å²) in [4.78, 5) is 13.3. The number of benzene rings is 1. The Kier molecular flexibility index (Phi) is 6.76. The third kappa shape index (κ3) is 4.32. The van der Waals surface area contributed by atoms with Crippen LogP contribution < -0.4 is 10.6 Å². The molecule has 17 heavy (non-hydrogen) atoms. The van der Waals surface area contributed by atoms with Crippen molar-refractivity contribution in [2.24, 2.45) is 5.73 Å². The molecule has 0 saturated heterocycles. The third-order valence-corrected chi connectivity index (χ3v) is 2.46. The molecule has 0 spiro atoms. The number of nitrogens with two attached hydrogens (primary N) is 1. The standard InChI is InChI=1S/C12H17FN2O.ClH/c1-3-4-11(14)12(16)15(2)10-7-5-9(13)6-8-10;/h5-8,11H,3-4,14H2,1-2H3;1H. The van der Waals surface area contributed by atoms with Crippen molar-refractivity contribution < 1.29 is 9.18 Å². The summed E-state index contributed by atoms with van der Waals surface area (Å²) < 4.78 is 12.7. The first-order chi connectivity index (χ1) is 7.56. The number of amides is 1. The molecule has 0 heterocycles. The lowest BCUT2D eigenvalue weighted by atomic mass is 10.1. The largest absolute Gasteiger partial charge is 0.320 e. The molecule has 0 bridgehead atoms. The van der Waals surface area contributed by atoms with Gasteiger partial charge in [-0.05, 0) is 30.7 Å². The van der Waals surface area contributed by atoms with Crippen molar-refractivity contribution in [2.45, 2.75) is 25.8 Å².